The molecule has 0 aromatic heterocycles. The standard InChI is InChI=1S/C22H26N2O/c1-3-7-19-8-5-6-9-21(19)23-14-16-24(17-15-23)22(25)20-12-10-18(4-2)11-13-20/h3,5-6,8-13H,1,4,7,14-17H2,2H3. The molecule has 0 spiro atoms. The van der Waals surface area contributed by atoms with E-state index in [1.165, 1.54) is 16.8 Å². The fourth-order valence-corrected chi connectivity index (χ4v) is 3.36. The van der Waals surface area contributed by atoms with Crippen molar-refractivity contribution in [2.45, 2.75) is 19.8 Å². The van der Waals surface area contributed by atoms with Gasteiger partial charge in [0.2, 0.25) is 0 Å². The SMILES string of the molecule is C=CCc1ccccc1N1CCN(C(=O)c2ccc(CC)cc2)CC1. The third-order valence-corrected chi connectivity index (χ3v) is 4.87. The van der Waals surface area contributed by atoms with Gasteiger partial charge in [0.1, 0.15) is 0 Å². The Kier molecular flexibility index (Phi) is 5.54. The molecule has 1 aliphatic rings. The minimum absolute atomic E-state index is 0.140. The summed E-state index contributed by atoms with van der Waals surface area (Å²) in [5.74, 6) is 0.140. The minimum atomic E-state index is 0.140. The van der Waals surface area contributed by atoms with Gasteiger partial charge in [0.15, 0.2) is 0 Å². The van der Waals surface area contributed by atoms with E-state index in [0.717, 1.165) is 44.6 Å². The van der Waals surface area contributed by atoms with Gasteiger partial charge in [0, 0.05) is 37.4 Å². The lowest BCUT2D eigenvalue weighted by Gasteiger charge is -2.37. The summed E-state index contributed by atoms with van der Waals surface area (Å²) in [6, 6.07) is 16.5. The Morgan fingerprint density at radius 1 is 1.04 bits per heavy atom. The van der Waals surface area contributed by atoms with Gasteiger partial charge < -0.3 is 9.80 Å². The molecule has 0 saturated carbocycles. The molecule has 1 amide bonds. The van der Waals surface area contributed by atoms with Gasteiger partial charge >= 0.3 is 0 Å². The number of amides is 1. The molecule has 0 unspecified atom stereocenters. The number of para-hydroxylation sites is 1. The summed E-state index contributed by atoms with van der Waals surface area (Å²) in [6.45, 7) is 9.23. The van der Waals surface area contributed by atoms with Gasteiger partial charge in [-0.15, -0.1) is 6.58 Å². The third kappa shape index (κ3) is 3.93. The fraction of sp³-hybridized carbons (Fsp3) is 0.318. The van der Waals surface area contributed by atoms with E-state index < -0.39 is 0 Å². The van der Waals surface area contributed by atoms with Crippen molar-refractivity contribution in [2.24, 2.45) is 0 Å². The van der Waals surface area contributed by atoms with Gasteiger partial charge in [-0.05, 0) is 42.2 Å². The fourth-order valence-electron chi connectivity index (χ4n) is 3.36. The van der Waals surface area contributed by atoms with Crippen LogP contribution in [0.15, 0.2) is 61.2 Å². The van der Waals surface area contributed by atoms with E-state index in [1.54, 1.807) is 0 Å². The Morgan fingerprint density at radius 2 is 1.72 bits per heavy atom. The van der Waals surface area contributed by atoms with Gasteiger partial charge in [0.25, 0.3) is 5.91 Å². The molecule has 1 heterocycles. The summed E-state index contributed by atoms with van der Waals surface area (Å²) < 4.78 is 0. The molecule has 3 rings (SSSR count). The lowest BCUT2D eigenvalue weighted by Crippen LogP contribution is -2.49. The summed E-state index contributed by atoms with van der Waals surface area (Å²) in [5.41, 5.74) is 4.62. The predicted molar refractivity (Wildman–Crippen MR) is 104 cm³/mol. The lowest BCUT2D eigenvalue weighted by molar-refractivity contribution is 0.0747. The maximum Gasteiger partial charge on any atom is 0.253 e. The molecule has 0 aliphatic carbocycles. The molecular formula is C22H26N2O. The van der Waals surface area contributed by atoms with Crippen LogP contribution in [0.2, 0.25) is 0 Å². The van der Waals surface area contributed by atoms with Crippen LogP contribution >= 0.6 is 0 Å². The van der Waals surface area contributed by atoms with E-state index in [-0.39, 0.29) is 5.91 Å². The van der Waals surface area contributed by atoms with E-state index in [4.69, 9.17) is 0 Å². The number of hydrogen-bond acceptors (Lipinski definition) is 2. The van der Waals surface area contributed by atoms with Gasteiger partial charge in [-0.3, -0.25) is 4.79 Å². The molecule has 130 valence electrons. The highest BCUT2D eigenvalue weighted by atomic mass is 16.2. The largest absolute Gasteiger partial charge is 0.368 e. The maximum atomic E-state index is 12.7. The van der Waals surface area contributed by atoms with Gasteiger partial charge in [-0.25, -0.2) is 0 Å². The zero-order valence-electron chi connectivity index (χ0n) is 14.9. The number of hydrogen-bond donors (Lipinski definition) is 0. The number of benzene rings is 2. The molecule has 1 saturated heterocycles. The molecule has 1 fully saturated rings. The Bertz CT molecular complexity index is 728. The molecule has 2 aromatic rings. The first-order chi connectivity index (χ1) is 12.2. The number of carbonyl (C=O) groups is 1. The number of nitrogens with zero attached hydrogens (tertiary/aromatic N) is 2. The molecule has 0 radical (unpaired) electrons. The van der Waals surface area contributed by atoms with Crippen molar-refractivity contribution in [2.75, 3.05) is 31.1 Å². The predicted octanol–water partition coefficient (Wildman–Crippen LogP) is 3.94. The van der Waals surface area contributed by atoms with E-state index in [0.29, 0.717) is 0 Å². The quantitative estimate of drug-likeness (QED) is 0.773. The highest BCUT2D eigenvalue weighted by molar-refractivity contribution is 5.94. The monoisotopic (exact) mass is 334 g/mol. The van der Waals surface area contributed by atoms with Crippen molar-refractivity contribution in [1.82, 2.24) is 4.90 Å². The van der Waals surface area contributed by atoms with Gasteiger partial charge in [-0.1, -0.05) is 43.3 Å². The van der Waals surface area contributed by atoms with Crippen molar-refractivity contribution in [3.8, 4) is 0 Å². The number of allylic oxidation sites excluding steroid dienone is 1. The van der Waals surface area contributed by atoms with Crippen LogP contribution in [0.3, 0.4) is 0 Å². The van der Waals surface area contributed by atoms with Crippen molar-refractivity contribution in [3.05, 3.63) is 77.9 Å². The van der Waals surface area contributed by atoms with Crippen LogP contribution < -0.4 is 4.90 Å². The number of anilines is 1. The van der Waals surface area contributed by atoms with Gasteiger partial charge in [0.05, 0.1) is 0 Å². The number of aryl methyl sites for hydroxylation is 1. The van der Waals surface area contributed by atoms with Crippen LogP contribution in [0, 0.1) is 0 Å². The second-order valence-corrected chi connectivity index (χ2v) is 6.45. The number of piperazine rings is 1. The first-order valence-electron chi connectivity index (χ1n) is 9.05. The Morgan fingerprint density at radius 3 is 2.36 bits per heavy atom. The summed E-state index contributed by atoms with van der Waals surface area (Å²) in [6.07, 6.45) is 3.81. The Hall–Kier alpha value is -2.55. The first-order valence-corrected chi connectivity index (χ1v) is 9.05. The van der Waals surface area contributed by atoms with Crippen LogP contribution in [0.25, 0.3) is 0 Å². The van der Waals surface area contributed by atoms with E-state index in [2.05, 4.69) is 54.8 Å². The summed E-state index contributed by atoms with van der Waals surface area (Å²) in [5, 5.41) is 0. The van der Waals surface area contributed by atoms with Crippen LogP contribution in [-0.2, 0) is 12.8 Å². The number of carbonyl (C=O) groups excluding carboxylic acids is 1. The molecule has 0 bridgehead atoms. The van der Waals surface area contributed by atoms with Crippen LogP contribution in [-0.4, -0.2) is 37.0 Å². The lowest BCUT2D eigenvalue weighted by atomic mass is 10.1. The summed E-state index contributed by atoms with van der Waals surface area (Å²) in [4.78, 5) is 17.0. The second kappa shape index (κ2) is 8.02. The van der Waals surface area contributed by atoms with Crippen LogP contribution in [0.4, 0.5) is 5.69 Å². The molecule has 0 atom stereocenters. The van der Waals surface area contributed by atoms with Crippen molar-refractivity contribution in [3.63, 3.8) is 0 Å². The molecule has 3 nitrogen and oxygen atoms in total. The average molecular weight is 334 g/mol. The average Bonchev–Trinajstić information content (AvgIpc) is 2.68. The Labute approximate surface area is 150 Å². The van der Waals surface area contributed by atoms with E-state index in [9.17, 15) is 4.79 Å². The smallest absolute Gasteiger partial charge is 0.253 e. The second-order valence-electron chi connectivity index (χ2n) is 6.45. The summed E-state index contributed by atoms with van der Waals surface area (Å²) >= 11 is 0. The minimum Gasteiger partial charge on any atom is -0.368 e. The van der Waals surface area contributed by atoms with Gasteiger partial charge in [-0.2, -0.15) is 0 Å². The van der Waals surface area contributed by atoms with Crippen molar-refractivity contribution >= 4 is 11.6 Å². The molecule has 1 aliphatic heterocycles. The van der Waals surface area contributed by atoms with Crippen molar-refractivity contribution < 1.29 is 4.79 Å². The zero-order valence-corrected chi connectivity index (χ0v) is 14.9. The van der Waals surface area contributed by atoms with Crippen molar-refractivity contribution in [1.29, 1.82) is 0 Å². The highest BCUT2D eigenvalue weighted by Gasteiger charge is 2.23. The molecular weight excluding hydrogens is 308 g/mol. The molecule has 2 aromatic carbocycles. The number of rotatable bonds is 5. The first kappa shape index (κ1) is 17.3. The normalized spacial score (nSPS) is 14.4. The van der Waals surface area contributed by atoms with Crippen LogP contribution in [0.5, 0.6) is 0 Å². The molecule has 25 heavy (non-hydrogen) atoms. The molecule has 0 N–H and O–H groups in total. The topological polar surface area (TPSA) is 23.6 Å². The molecule has 3 heteroatoms. The summed E-state index contributed by atoms with van der Waals surface area (Å²) in [7, 11) is 0. The third-order valence-electron chi connectivity index (χ3n) is 4.87. The zero-order chi connectivity index (χ0) is 17.6. The Balaban J connectivity index is 1.65. The van der Waals surface area contributed by atoms with E-state index in [1.807, 2.05) is 23.1 Å². The highest BCUT2D eigenvalue weighted by Crippen LogP contribution is 2.23. The van der Waals surface area contributed by atoms with E-state index >= 15 is 0 Å². The maximum absolute atomic E-state index is 12.7. The van der Waals surface area contributed by atoms with Crippen LogP contribution in [0.1, 0.15) is 28.4 Å².